The smallest absolute Gasteiger partial charge is 0.322 e. The van der Waals surface area contributed by atoms with Crippen molar-refractivity contribution in [3.8, 4) is 0 Å². The Hall–Kier alpha value is -2.39. The van der Waals surface area contributed by atoms with Crippen LogP contribution in [0.15, 0.2) is 48.5 Å². The highest BCUT2D eigenvalue weighted by Gasteiger charge is 2.30. The van der Waals surface area contributed by atoms with E-state index in [-0.39, 0.29) is 18.0 Å². The summed E-state index contributed by atoms with van der Waals surface area (Å²) in [5.41, 5.74) is 0.290. The number of carbonyl (C=O) groups is 1. The zero-order valence-electron chi connectivity index (χ0n) is 16.2. The van der Waals surface area contributed by atoms with Crippen molar-refractivity contribution >= 4 is 21.6 Å². The molecule has 2 aromatic rings. The summed E-state index contributed by atoms with van der Waals surface area (Å²) >= 11 is 0. The van der Waals surface area contributed by atoms with Crippen molar-refractivity contribution in [1.82, 2.24) is 4.72 Å². The molecule has 0 spiro atoms. The standard InChI is InChI=1S/C20H23F3N2O3S/c1-13(2)29(27,28)24-12-14(3)15-7-9-18(10-8-15)25-19(26)16-5-4-6-17(11-16)20(21,22)23/h4-11,13-14,24H,12H2,1-3H3,(H,25,26). The Bertz CT molecular complexity index is 956. The molecular weight excluding hydrogens is 405 g/mol. The molecular formula is C20H23F3N2O3S. The summed E-state index contributed by atoms with van der Waals surface area (Å²) in [6, 6.07) is 10.9. The summed E-state index contributed by atoms with van der Waals surface area (Å²) < 4.78 is 64.6. The lowest BCUT2D eigenvalue weighted by Gasteiger charge is -2.15. The van der Waals surface area contributed by atoms with Crippen molar-refractivity contribution < 1.29 is 26.4 Å². The largest absolute Gasteiger partial charge is 0.416 e. The number of sulfonamides is 1. The number of amides is 1. The Morgan fingerprint density at radius 1 is 1.03 bits per heavy atom. The summed E-state index contributed by atoms with van der Waals surface area (Å²) in [5.74, 6) is -0.752. The molecule has 0 aromatic heterocycles. The van der Waals surface area contributed by atoms with Gasteiger partial charge in [0.15, 0.2) is 0 Å². The van der Waals surface area contributed by atoms with Gasteiger partial charge >= 0.3 is 6.18 Å². The van der Waals surface area contributed by atoms with E-state index in [1.165, 1.54) is 12.1 Å². The van der Waals surface area contributed by atoms with Gasteiger partial charge < -0.3 is 5.32 Å². The van der Waals surface area contributed by atoms with Crippen molar-refractivity contribution in [1.29, 1.82) is 0 Å². The number of nitrogens with one attached hydrogen (secondary N) is 2. The van der Waals surface area contributed by atoms with Crippen molar-refractivity contribution in [2.75, 3.05) is 11.9 Å². The molecule has 0 aliphatic rings. The lowest BCUT2D eigenvalue weighted by molar-refractivity contribution is -0.137. The van der Waals surface area contributed by atoms with Crippen LogP contribution < -0.4 is 10.0 Å². The minimum Gasteiger partial charge on any atom is -0.322 e. The molecule has 158 valence electrons. The van der Waals surface area contributed by atoms with Crippen LogP contribution in [0.4, 0.5) is 18.9 Å². The molecule has 0 saturated carbocycles. The molecule has 1 amide bonds. The van der Waals surface area contributed by atoms with Crippen molar-refractivity contribution in [3.63, 3.8) is 0 Å². The van der Waals surface area contributed by atoms with Crippen LogP contribution >= 0.6 is 0 Å². The zero-order valence-corrected chi connectivity index (χ0v) is 17.1. The molecule has 0 aliphatic heterocycles. The summed E-state index contributed by atoms with van der Waals surface area (Å²) in [6.45, 7) is 5.28. The predicted molar refractivity (Wildman–Crippen MR) is 106 cm³/mol. The number of benzene rings is 2. The van der Waals surface area contributed by atoms with Gasteiger partial charge in [-0.1, -0.05) is 25.1 Å². The molecule has 0 heterocycles. The fourth-order valence-corrected chi connectivity index (χ4v) is 3.28. The third kappa shape index (κ3) is 6.30. The molecule has 2 aromatic carbocycles. The number of halogens is 3. The molecule has 5 nitrogen and oxygen atoms in total. The van der Waals surface area contributed by atoms with E-state index in [1.54, 1.807) is 38.1 Å². The van der Waals surface area contributed by atoms with Crippen LogP contribution in [0.3, 0.4) is 0 Å². The number of hydrogen-bond donors (Lipinski definition) is 2. The molecule has 0 saturated heterocycles. The lowest BCUT2D eigenvalue weighted by atomic mass is 10.0. The van der Waals surface area contributed by atoms with Gasteiger partial charge in [-0.2, -0.15) is 13.2 Å². The fraction of sp³-hybridized carbons (Fsp3) is 0.350. The average Bonchev–Trinajstić information content (AvgIpc) is 2.66. The van der Waals surface area contributed by atoms with E-state index >= 15 is 0 Å². The maximum absolute atomic E-state index is 12.8. The van der Waals surface area contributed by atoms with Crippen molar-refractivity contribution in [3.05, 3.63) is 65.2 Å². The van der Waals surface area contributed by atoms with E-state index in [4.69, 9.17) is 0 Å². The second kappa shape index (κ2) is 8.96. The van der Waals surface area contributed by atoms with Crippen molar-refractivity contribution in [2.24, 2.45) is 0 Å². The highest BCUT2D eigenvalue weighted by atomic mass is 32.2. The van der Waals surface area contributed by atoms with E-state index in [0.29, 0.717) is 5.69 Å². The molecule has 2 rings (SSSR count). The molecule has 1 unspecified atom stereocenters. The van der Waals surface area contributed by atoms with Crippen LogP contribution in [-0.2, 0) is 16.2 Å². The van der Waals surface area contributed by atoms with Gasteiger partial charge in [0.1, 0.15) is 0 Å². The maximum Gasteiger partial charge on any atom is 0.416 e. The molecule has 0 bridgehead atoms. The minimum absolute atomic E-state index is 0.0969. The van der Waals surface area contributed by atoms with Crippen LogP contribution in [0.25, 0.3) is 0 Å². The van der Waals surface area contributed by atoms with Crippen molar-refractivity contribution in [2.45, 2.75) is 38.1 Å². The monoisotopic (exact) mass is 428 g/mol. The Balaban J connectivity index is 2.03. The second-order valence-corrected chi connectivity index (χ2v) is 9.32. The van der Waals surface area contributed by atoms with Gasteiger partial charge in [-0.05, 0) is 55.7 Å². The molecule has 0 radical (unpaired) electrons. The van der Waals surface area contributed by atoms with Gasteiger partial charge in [0, 0.05) is 17.8 Å². The first-order valence-corrected chi connectivity index (χ1v) is 10.5. The Morgan fingerprint density at radius 2 is 1.66 bits per heavy atom. The topological polar surface area (TPSA) is 75.3 Å². The van der Waals surface area contributed by atoms with Crippen LogP contribution in [-0.4, -0.2) is 26.1 Å². The van der Waals surface area contributed by atoms with E-state index in [1.807, 2.05) is 6.92 Å². The predicted octanol–water partition coefficient (Wildman–Crippen LogP) is 4.39. The zero-order chi connectivity index (χ0) is 21.8. The summed E-state index contributed by atoms with van der Waals surface area (Å²) in [6.07, 6.45) is -4.52. The third-order valence-corrected chi connectivity index (χ3v) is 6.21. The van der Waals surface area contributed by atoms with Gasteiger partial charge in [0.05, 0.1) is 10.8 Å². The Labute approximate surface area is 168 Å². The van der Waals surface area contributed by atoms with Crippen LogP contribution in [0, 0.1) is 0 Å². The first-order chi connectivity index (χ1) is 13.4. The highest BCUT2D eigenvalue weighted by Crippen LogP contribution is 2.29. The van der Waals surface area contributed by atoms with Gasteiger partial charge in [0.25, 0.3) is 5.91 Å². The number of hydrogen-bond acceptors (Lipinski definition) is 3. The van der Waals surface area contributed by atoms with Gasteiger partial charge in [-0.15, -0.1) is 0 Å². The summed E-state index contributed by atoms with van der Waals surface area (Å²) in [5, 5.41) is 2.03. The third-order valence-electron chi connectivity index (χ3n) is 4.40. The molecule has 0 aliphatic carbocycles. The molecule has 29 heavy (non-hydrogen) atoms. The fourth-order valence-electron chi connectivity index (χ4n) is 2.46. The van der Waals surface area contributed by atoms with E-state index in [9.17, 15) is 26.4 Å². The maximum atomic E-state index is 12.8. The van der Waals surface area contributed by atoms with Crippen LogP contribution in [0.2, 0.25) is 0 Å². The molecule has 2 N–H and O–H groups in total. The Kier molecular flexibility index (Phi) is 7.07. The van der Waals surface area contributed by atoms with Crippen LogP contribution in [0.5, 0.6) is 0 Å². The van der Waals surface area contributed by atoms with E-state index in [0.717, 1.165) is 17.7 Å². The molecule has 1 atom stereocenters. The number of rotatable bonds is 7. The number of anilines is 1. The van der Waals surface area contributed by atoms with E-state index < -0.39 is 32.9 Å². The second-order valence-electron chi connectivity index (χ2n) is 7.00. The normalized spacial score (nSPS) is 13.3. The average molecular weight is 428 g/mol. The number of alkyl halides is 3. The van der Waals surface area contributed by atoms with Crippen LogP contribution in [0.1, 0.15) is 48.2 Å². The number of carbonyl (C=O) groups excluding carboxylic acids is 1. The molecule has 9 heteroatoms. The van der Waals surface area contributed by atoms with Gasteiger partial charge in [0.2, 0.25) is 10.0 Å². The summed E-state index contributed by atoms with van der Waals surface area (Å²) in [4.78, 5) is 12.2. The lowest BCUT2D eigenvalue weighted by Crippen LogP contribution is -2.33. The van der Waals surface area contributed by atoms with Gasteiger partial charge in [-0.3, -0.25) is 4.79 Å². The first-order valence-electron chi connectivity index (χ1n) is 8.97. The van der Waals surface area contributed by atoms with Gasteiger partial charge in [-0.25, -0.2) is 13.1 Å². The minimum atomic E-state index is -4.52. The Morgan fingerprint density at radius 3 is 2.21 bits per heavy atom. The molecule has 0 fully saturated rings. The van der Waals surface area contributed by atoms with E-state index in [2.05, 4.69) is 10.0 Å². The highest BCUT2D eigenvalue weighted by molar-refractivity contribution is 7.90. The first kappa shape index (κ1) is 22.9. The SMILES string of the molecule is CC(CNS(=O)(=O)C(C)C)c1ccc(NC(=O)c2cccc(C(F)(F)F)c2)cc1. The quantitative estimate of drug-likeness (QED) is 0.687. The summed E-state index contributed by atoms with van der Waals surface area (Å²) in [7, 11) is -3.36.